The van der Waals surface area contributed by atoms with Crippen LogP contribution in [0.2, 0.25) is 0 Å². The van der Waals surface area contributed by atoms with Crippen LogP contribution in [0.15, 0.2) is 9.27 Å². The van der Waals surface area contributed by atoms with Crippen LogP contribution in [0, 0.1) is 5.92 Å². The van der Waals surface area contributed by atoms with Crippen LogP contribution < -0.4 is 16.2 Å². The average molecular weight is 398 g/mol. The number of hydrogen-bond donors (Lipinski definition) is 3. The summed E-state index contributed by atoms with van der Waals surface area (Å²) in [6.07, 6.45) is 1.79. The first kappa shape index (κ1) is 16.8. The summed E-state index contributed by atoms with van der Waals surface area (Å²) in [5.74, 6) is -0.357. The second-order valence-corrected chi connectivity index (χ2v) is 7.20. The predicted octanol–water partition coefficient (Wildman–Crippen LogP) is 1.55. The lowest BCUT2D eigenvalue weighted by Crippen LogP contribution is -2.36. The van der Waals surface area contributed by atoms with Crippen molar-refractivity contribution in [3.8, 4) is 5.88 Å². The molecule has 1 amide bonds. The number of anilines is 1. The van der Waals surface area contributed by atoms with E-state index in [-0.39, 0.29) is 17.5 Å². The Hall–Kier alpha value is -2.03. The molecule has 9 heteroatoms. The minimum atomic E-state index is -0.558. The number of aromatic hydroxyl groups is 1. The van der Waals surface area contributed by atoms with E-state index in [0.717, 1.165) is 12.8 Å². The first-order valence-corrected chi connectivity index (χ1v) is 8.67. The Kier molecular flexibility index (Phi) is 4.29. The van der Waals surface area contributed by atoms with Crippen LogP contribution in [0.1, 0.15) is 37.0 Å². The van der Waals surface area contributed by atoms with Crippen molar-refractivity contribution in [2.75, 3.05) is 12.4 Å². The van der Waals surface area contributed by atoms with Gasteiger partial charge >= 0.3 is 0 Å². The predicted molar refractivity (Wildman–Crippen MR) is 93.7 cm³/mol. The molecule has 0 bridgehead atoms. The van der Waals surface area contributed by atoms with Gasteiger partial charge in [0, 0.05) is 19.6 Å². The summed E-state index contributed by atoms with van der Waals surface area (Å²) in [5.41, 5.74) is -0.374. The molecule has 1 aliphatic rings. The highest BCUT2D eigenvalue weighted by Gasteiger charge is 2.30. The smallest absolute Gasteiger partial charge is 0.270 e. The third-order valence-corrected chi connectivity index (χ3v) is 4.60. The minimum Gasteiger partial charge on any atom is -0.492 e. The maximum Gasteiger partial charge on any atom is 0.270 e. The van der Waals surface area contributed by atoms with Crippen molar-refractivity contribution in [2.45, 2.75) is 39.3 Å². The molecule has 1 aliphatic carbocycles. The van der Waals surface area contributed by atoms with Gasteiger partial charge in [0.1, 0.15) is 4.47 Å². The fraction of sp³-hybridized carbons (Fsp3) is 0.533. The van der Waals surface area contributed by atoms with Crippen LogP contribution in [0.3, 0.4) is 0 Å². The van der Waals surface area contributed by atoms with Gasteiger partial charge in [-0.25, -0.2) is 0 Å². The lowest BCUT2D eigenvalue weighted by molar-refractivity contribution is 0.0944. The van der Waals surface area contributed by atoms with E-state index in [1.807, 2.05) is 13.8 Å². The number of carbonyl (C=O) groups is 1. The van der Waals surface area contributed by atoms with Crippen molar-refractivity contribution in [1.82, 2.24) is 19.5 Å². The highest BCUT2D eigenvalue weighted by atomic mass is 79.9. The monoisotopic (exact) mass is 397 g/mol. The molecule has 0 atom stereocenters. The maximum absolute atomic E-state index is 12.9. The number of fused-ring (bicyclic) bond motifs is 1. The molecule has 130 valence electrons. The minimum absolute atomic E-state index is 0.0859. The number of hydrogen-bond acceptors (Lipinski definition) is 5. The third kappa shape index (κ3) is 2.77. The second kappa shape index (κ2) is 6.12. The van der Waals surface area contributed by atoms with Crippen molar-refractivity contribution in [3.63, 3.8) is 0 Å². The summed E-state index contributed by atoms with van der Waals surface area (Å²) >= 11 is 3.42. The van der Waals surface area contributed by atoms with Gasteiger partial charge in [-0.05, 0) is 34.7 Å². The maximum atomic E-state index is 12.9. The van der Waals surface area contributed by atoms with Crippen LogP contribution in [-0.4, -0.2) is 38.3 Å². The topological polar surface area (TPSA) is 101 Å². The van der Waals surface area contributed by atoms with E-state index >= 15 is 0 Å². The molecule has 24 heavy (non-hydrogen) atoms. The summed E-state index contributed by atoms with van der Waals surface area (Å²) in [4.78, 5) is 25.3. The molecular weight excluding hydrogens is 378 g/mol. The number of carbonyl (C=O) groups excluding carboxylic acids is 1. The molecule has 3 N–H and O–H groups in total. The first-order chi connectivity index (χ1) is 11.3. The fourth-order valence-electron chi connectivity index (χ4n) is 2.58. The quantitative estimate of drug-likeness (QED) is 0.710. The number of nitrogens with zero attached hydrogens (tertiary/aromatic N) is 3. The van der Waals surface area contributed by atoms with Gasteiger partial charge in [0.05, 0.1) is 0 Å². The SMILES string of the molecule is CNc1nn2c(O)c(C(=O)NC3CC3)c(=O)n(CC(C)C)c2c1Br. The molecule has 0 saturated heterocycles. The summed E-state index contributed by atoms with van der Waals surface area (Å²) in [7, 11) is 1.69. The molecule has 2 aromatic heterocycles. The van der Waals surface area contributed by atoms with Gasteiger partial charge in [-0.2, -0.15) is 4.52 Å². The van der Waals surface area contributed by atoms with Crippen LogP contribution in [0.5, 0.6) is 5.88 Å². The van der Waals surface area contributed by atoms with E-state index in [0.29, 0.717) is 22.5 Å². The van der Waals surface area contributed by atoms with Gasteiger partial charge in [0.15, 0.2) is 17.0 Å². The largest absolute Gasteiger partial charge is 0.492 e. The molecule has 0 radical (unpaired) electrons. The molecule has 2 heterocycles. The van der Waals surface area contributed by atoms with Crippen LogP contribution in [-0.2, 0) is 6.54 Å². The van der Waals surface area contributed by atoms with E-state index in [4.69, 9.17) is 0 Å². The molecule has 0 aromatic carbocycles. The normalized spacial score (nSPS) is 14.4. The molecule has 0 unspecified atom stereocenters. The number of amides is 1. The van der Waals surface area contributed by atoms with Crippen molar-refractivity contribution in [3.05, 3.63) is 20.4 Å². The Morgan fingerprint density at radius 2 is 2.12 bits per heavy atom. The summed E-state index contributed by atoms with van der Waals surface area (Å²) in [6.45, 7) is 4.35. The van der Waals surface area contributed by atoms with Crippen molar-refractivity contribution < 1.29 is 9.90 Å². The summed E-state index contributed by atoms with van der Waals surface area (Å²) in [6, 6.07) is 0.0859. The van der Waals surface area contributed by atoms with E-state index < -0.39 is 17.3 Å². The summed E-state index contributed by atoms with van der Waals surface area (Å²) in [5, 5.41) is 20.4. The van der Waals surface area contributed by atoms with Crippen molar-refractivity contribution >= 4 is 33.3 Å². The van der Waals surface area contributed by atoms with E-state index in [1.54, 1.807) is 7.05 Å². The Morgan fingerprint density at radius 3 is 2.67 bits per heavy atom. The zero-order valence-corrected chi connectivity index (χ0v) is 15.3. The Morgan fingerprint density at radius 1 is 1.46 bits per heavy atom. The molecule has 8 nitrogen and oxygen atoms in total. The number of nitrogens with one attached hydrogen (secondary N) is 2. The molecular formula is C15H20BrN5O3. The van der Waals surface area contributed by atoms with Gasteiger partial charge in [-0.3, -0.25) is 14.2 Å². The van der Waals surface area contributed by atoms with Gasteiger partial charge in [-0.1, -0.05) is 13.8 Å². The Bertz CT molecular complexity index is 866. The lowest BCUT2D eigenvalue weighted by Gasteiger charge is -2.14. The van der Waals surface area contributed by atoms with Gasteiger partial charge in [-0.15, -0.1) is 5.10 Å². The van der Waals surface area contributed by atoms with Crippen molar-refractivity contribution in [2.24, 2.45) is 5.92 Å². The van der Waals surface area contributed by atoms with Gasteiger partial charge in [0.25, 0.3) is 11.5 Å². The van der Waals surface area contributed by atoms with Gasteiger partial charge in [0.2, 0.25) is 5.88 Å². The zero-order valence-electron chi connectivity index (χ0n) is 13.8. The third-order valence-electron chi connectivity index (χ3n) is 3.87. The molecule has 2 aromatic rings. The number of aromatic nitrogens is 3. The Balaban J connectivity index is 2.28. The van der Waals surface area contributed by atoms with Crippen LogP contribution in [0.4, 0.5) is 5.82 Å². The van der Waals surface area contributed by atoms with Gasteiger partial charge < -0.3 is 15.7 Å². The van der Waals surface area contributed by atoms with Crippen LogP contribution >= 0.6 is 15.9 Å². The van der Waals surface area contributed by atoms with E-state index in [1.165, 1.54) is 9.08 Å². The highest BCUT2D eigenvalue weighted by Crippen LogP contribution is 2.30. The molecule has 1 fully saturated rings. The van der Waals surface area contributed by atoms with E-state index in [2.05, 4.69) is 31.7 Å². The fourth-order valence-corrected chi connectivity index (χ4v) is 3.24. The highest BCUT2D eigenvalue weighted by molar-refractivity contribution is 9.10. The summed E-state index contributed by atoms with van der Waals surface area (Å²) < 4.78 is 3.26. The standard InChI is InChI=1S/C15H20BrN5O3/c1-7(2)6-20-13-10(16)11(17-3)19-21(13)15(24)9(14(20)23)12(22)18-8-4-5-8/h7-8,24H,4-6H2,1-3H3,(H,17,19)(H,18,22). The van der Waals surface area contributed by atoms with Crippen molar-refractivity contribution in [1.29, 1.82) is 0 Å². The molecule has 3 rings (SSSR count). The van der Waals surface area contributed by atoms with E-state index in [9.17, 15) is 14.7 Å². The second-order valence-electron chi connectivity index (χ2n) is 6.40. The first-order valence-electron chi connectivity index (χ1n) is 7.87. The zero-order chi connectivity index (χ0) is 17.6. The average Bonchev–Trinajstić information content (AvgIpc) is 3.25. The number of halogens is 1. The molecule has 1 saturated carbocycles. The lowest BCUT2D eigenvalue weighted by atomic mass is 10.2. The number of rotatable bonds is 5. The molecule has 0 aliphatic heterocycles. The van der Waals surface area contributed by atoms with Crippen LogP contribution in [0.25, 0.3) is 5.65 Å². The molecule has 0 spiro atoms. The Labute approximate surface area is 147 Å².